The Hall–Kier alpha value is -4.73. The van der Waals surface area contributed by atoms with E-state index in [4.69, 9.17) is 14.5 Å². The van der Waals surface area contributed by atoms with Crippen LogP contribution in [-0.4, -0.2) is 23.4 Å². The molecule has 1 aliphatic heterocycles. The summed E-state index contributed by atoms with van der Waals surface area (Å²) in [5.74, 6) is -0.249. The lowest BCUT2D eigenvalue weighted by Gasteiger charge is -2.26. The van der Waals surface area contributed by atoms with Gasteiger partial charge in [0, 0.05) is 16.0 Å². The molecule has 0 fully saturated rings. The van der Waals surface area contributed by atoms with E-state index in [0.29, 0.717) is 31.9 Å². The Morgan fingerprint density at radius 1 is 0.978 bits per heavy atom. The molecule has 1 atom stereocenters. The molecule has 9 heteroatoms. The molecule has 0 saturated heterocycles. The fourth-order valence-electron chi connectivity index (χ4n) is 5.13. The molecule has 0 amide bonds. The summed E-state index contributed by atoms with van der Waals surface area (Å²) in [7, 11) is 0. The van der Waals surface area contributed by atoms with E-state index < -0.39 is 12.0 Å². The number of carbonyl (C=O) groups is 1. The highest BCUT2D eigenvalue weighted by atomic mass is 32.2. The number of nitrogens with zero attached hydrogens (tertiary/aromatic N) is 2. The van der Waals surface area contributed by atoms with E-state index in [-0.39, 0.29) is 24.6 Å². The summed E-state index contributed by atoms with van der Waals surface area (Å²) in [6.45, 7) is 2.05. The zero-order valence-electron chi connectivity index (χ0n) is 24.6. The number of ether oxygens (including phenoxy) is 2. The Morgan fingerprint density at radius 2 is 1.69 bits per heavy atom. The van der Waals surface area contributed by atoms with Crippen LogP contribution in [0, 0.1) is 5.82 Å². The first-order valence-corrected chi connectivity index (χ1v) is 16.4. The lowest BCUT2D eigenvalue weighted by Crippen LogP contribution is -2.40. The molecule has 1 aromatic heterocycles. The third-order valence-electron chi connectivity index (χ3n) is 7.34. The number of fused-ring (bicyclic) bond motifs is 1. The molecule has 2 heterocycles. The zero-order valence-corrected chi connectivity index (χ0v) is 26.2. The standard InChI is InChI=1S/C36H29FN2O4S2/c1-3-42-35(41)31-32(24-9-5-4-6-10-24)38-36-39(33(31)25-15-19-28(44-2)20-16-25)34(40)30(45-36)21-23-13-17-27(18-14-23)43-22-26-11-7-8-12-29(26)37/h4-21,33H,3,22H2,1-2H3/b30-21-/t33-/m1/s1. The maximum Gasteiger partial charge on any atom is 0.338 e. The summed E-state index contributed by atoms with van der Waals surface area (Å²) in [6.07, 6.45) is 3.80. The van der Waals surface area contributed by atoms with Crippen LogP contribution in [0.3, 0.4) is 0 Å². The topological polar surface area (TPSA) is 69.9 Å². The minimum absolute atomic E-state index is 0.106. The summed E-state index contributed by atoms with van der Waals surface area (Å²) in [5.41, 5.74) is 3.33. The van der Waals surface area contributed by atoms with Crippen molar-refractivity contribution in [2.75, 3.05) is 12.9 Å². The molecule has 0 aliphatic carbocycles. The molecule has 0 spiro atoms. The molecule has 0 unspecified atom stereocenters. The van der Waals surface area contributed by atoms with Gasteiger partial charge in [-0.3, -0.25) is 9.36 Å². The minimum Gasteiger partial charge on any atom is -0.489 e. The van der Waals surface area contributed by atoms with E-state index in [1.54, 1.807) is 59.7 Å². The summed E-state index contributed by atoms with van der Waals surface area (Å²) in [4.78, 5) is 34.1. The number of carbonyl (C=O) groups excluding carboxylic acids is 1. The molecule has 0 N–H and O–H groups in total. The molecular weight excluding hydrogens is 608 g/mol. The van der Waals surface area contributed by atoms with Gasteiger partial charge in [-0.05, 0) is 60.7 Å². The van der Waals surface area contributed by atoms with E-state index in [9.17, 15) is 14.0 Å². The van der Waals surface area contributed by atoms with Crippen LogP contribution in [0.15, 0.2) is 123 Å². The van der Waals surface area contributed by atoms with Gasteiger partial charge in [-0.2, -0.15) is 0 Å². The van der Waals surface area contributed by atoms with E-state index in [0.717, 1.165) is 21.6 Å². The van der Waals surface area contributed by atoms with Gasteiger partial charge in [0.2, 0.25) is 0 Å². The number of halogens is 1. The quantitative estimate of drug-likeness (QED) is 0.139. The lowest BCUT2D eigenvalue weighted by molar-refractivity contribution is -0.138. The molecular formula is C36H29FN2O4S2. The van der Waals surface area contributed by atoms with E-state index >= 15 is 0 Å². The number of rotatable bonds is 9. The van der Waals surface area contributed by atoms with Crippen molar-refractivity contribution in [3.8, 4) is 5.75 Å². The summed E-state index contributed by atoms with van der Waals surface area (Å²) < 4.78 is 27.4. The number of hydrogen-bond donors (Lipinski definition) is 0. The molecule has 6 rings (SSSR count). The van der Waals surface area contributed by atoms with E-state index in [1.165, 1.54) is 17.4 Å². The number of thioether (sulfide) groups is 1. The predicted octanol–water partition coefficient (Wildman–Crippen LogP) is 6.38. The summed E-state index contributed by atoms with van der Waals surface area (Å²) >= 11 is 2.88. The third kappa shape index (κ3) is 6.41. The Balaban J connectivity index is 1.44. The highest BCUT2D eigenvalue weighted by Crippen LogP contribution is 2.35. The average molecular weight is 637 g/mol. The largest absolute Gasteiger partial charge is 0.489 e. The number of hydrogen-bond acceptors (Lipinski definition) is 7. The second-order valence-electron chi connectivity index (χ2n) is 10.2. The van der Waals surface area contributed by atoms with E-state index in [1.807, 2.05) is 73.0 Å². The van der Waals surface area contributed by atoms with Crippen molar-refractivity contribution < 1.29 is 18.7 Å². The van der Waals surface area contributed by atoms with Crippen molar-refractivity contribution in [1.82, 2.24) is 4.57 Å². The molecule has 226 valence electrons. The van der Waals surface area contributed by atoms with Gasteiger partial charge in [0.1, 0.15) is 18.2 Å². The monoisotopic (exact) mass is 636 g/mol. The highest BCUT2D eigenvalue weighted by molar-refractivity contribution is 7.98. The fraction of sp³-hybridized carbons (Fsp3) is 0.139. The molecule has 0 bridgehead atoms. The first-order chi connectivity index (χ1) is 22.0. The maximum absolute atomic E-state index is 14.1. The molecule has 5 aromatic rings. The number of thiazole rings is 1. The number of esters is 1. The Labute approximate surface area is 267 Å². The van der Waals surface area contributed by atoms with E-state index in [2.05, 4.69) is 0 Å². The molecule has 1 aliphatic rings. The second-order valence-corrected chi connectivity index (χ2v) is 12.0. The van der Waals surface area contributed by atoms with Crippen LogP contribution in [0.4, 0.5) is 4.39 Å². The smallest absolute Gasteiger partial charge is 0.338 e. The fourth-order valence-corrected chi connectivity index (χ4v) is 6.54. The van der Waals surface area contributed by atoms with Gasteiger partial charge in [-0.1, -0.05) is 84.1 Å². The van der Waals surface area contributed by atoms with Gasteiger partial charge < -0.3 is 9.47 Å². The first kappa shape index (κ1) is 30.3. The second kappa shape index (κ2) is 13.5. The summed E-state index contributed by atoms with van der Waals surface area (Å²) in [6, 6.07) is 30.3. The van der Waals surface area contributed by atoms with Crippen LogP contribution >= 0.6 is 23.1 Å². The molecule has 0 saturated carbocycles. The van der Waals surface area contributed by atoms with Gasteiger partial charge in [-0.25, -0.2) is 14.2 Å². The number of aromatic nitrogens is 1. The van der Waals surface area contributed by atoms with Crippen LogP contribution in [0.25, 0.3) is 11.8 Å². The van der Waals surface area contributed by atoms with Crippen LogP contribution in [-0.2, 0) is 16.1 Å². The van der Waals surface area contributed by atoms with Crippen molar-refractivity contribution in [3.05, 3.63) is 156 Å². The zero-order chi connectivity index (χ0) is 31.3. The maximum atomic E-state index is 14.1. The SMILES string of the molecule is CCOC(=O)C1=C(c2ccccc2)N=c2s/c(=C\c3ccc(OCc4ccccc4F)cc3)c(=O)n2[C@@H]1c1ccc(SC)cc1. The van der Waals surface area contributed by atoms with Crippen molar-refractivity contribution in [2.45, 2.75) is 24.5 Å². The average Bonchev–Trinajstić information content (AvgIpc) is 3.38. The summed E-state index contributed by atoms with van der Waals surface area (Å²) in [5, 5.41) is 0. The van der Waals surface area contributed by atoms with Crippen LogP contribution in [0.1, 0.15) is 35.2 Å². The molecule has 4 aromatic carbocycles. The van der Waals surface area contributed by atoms with Gasteiger partial charge >= 0.3 is 5.97 Å². The van der Waals surface area contributed by atoms with Gasteiger partial charge in [0.25, 0.3) is 5.56 Å². The molecule has 6 nitrogen and oxygen atoms in total. The van der Waals surface area contributed by atoms with Gasteiger partial charge in [0.05, 0.1) is 28.5 Å². The van der Waals surface area contributed by atoms with Crippen molar-refractivity contribution in [2.24, 2.45) is 4.99 Å². The molecule has 45 heavy (non-hydrogen) atoms. The Morgan fingerprint density at radius 3 is 2.38 bits per heavy atom. The first-order valence-electron chi connectivity index (χ1n) is 14.4. The van der Waals surface area contributed by atoms with Gasteiger partial charge in [-0.15, -0.1) is 11.8 Å². The van der Waals surface area contributed by atoms with Crippen LogP contribution in [0.5, 0.6) is 5.75 Å². The minimum atomic E-state index is -0.734. The van der Waals surface area contributed by atoms with Crippen molar-refractivity contribution in [3.63, 3.8) is 0 Å². The Kier molecular flexibility index (Phi) is 9.09. The lowest BCUT2D eigenvalue weighted by atomic mass is 9.93. The Bertz CT molecular complexity index is 2050. The van der Waals surface area contributed by atoms with Crippen LogP contribution < -0.4 is 19.6 Å². The van der Waals surface area contributed by atoms with Gasteiger partial charge in [0.15, 0.2) is 4.80 Å². The predicted molar refractivity (Wildman–Crippen MR) is 176 cm³/mol. The normalized spacial score (nSPS) is 14.6. The van der Waals surface area contributed by atoms with Crippen LogP contribution in [0.2, 0.25) is 0 Å². The third-order valence-corrected chi connectivity index (χ3v) is 9.06. The number of benzene rings is 4. The highest BCUT2D eigenvalue weighted by Gasteiger charge is 2.35. The van der Waals surface area contributed by atoms with Crippen molar-refractivity contribution >= 4 is 40.8 Å². The van der Waals surface area contributed by atoms with Crippen molar-refractivity contribution in [1.29, 1.82) is 0 Å². The molecule has 0 radical (unpaired) electrons.